The third kappa shape index (κ3) is 1.69. The number of nitrogens with one attached hydrogen (secondary N) is 1. The molecule has 4 atom stereocenters. The molecule has 0 aromatic heterocycles. The minimum absolute atomic E-state index is 0.198. The van der Waals surface area contributed by atoms with Crippen molar-refractivity contribution in [1.29, 1.82) is 0 Å². The quantitative estimate of drug-likeness (QED) is 0.285. The van der Waals surface area contributed by atoms with Crippen molar-refractivity contribution >= 4 is 0 Å². The Balaban J connectivity index is 2.52. The van der Waals surface area contributed by atoms with Crippen LogP contribution in [0.25, 0.3) is 0 Å². The molecule has 0 amide bonds. The summed E-state index contributed by atoms with van der Waals surface area (Å²) in [6.45, 7) is -0.0472. The fourth-order valence-corrected chi connectivity index (χ4v) is 1.15. The molecular weight excluding hydrogens is 150 g/mol. The molecule has 5 nitrogen and oxygen atoms in total. The largest absolute Gasteiger partial charge is 0.395 e. The molecule has 0 aliphatic carbocycles. The Bertz CT molecular complexity index is 130. The van der Waals surface area contributed by atoms with E-state index in [0.717, 1.165) is 0 Å². The van der Waals surface area contributed by atoms with Crippen LogP contribution >= 0.6 is 0 Å². The summed E-state index contributed by atoms with van der Waals surface area (Å²) in [7, 11) is 0. The molecule has 1 rings (SSSR count). The highest BCUT2D eigenvalue weighted by Crippen LogP contribution is 2.09. The maximum Gasteiger partial charge on any atom is 0.109 e. The highest BCUT2D eigenvalue weighted by Gasteiger charge is 2.35. The van der Waals surface area contributed by atoms with Crippen molar-refractivity contribution in [3.8, 4) is 0 Å². The molecule has 1 fully saturated rings. The highest BCUT2D eigenvalue weighted by atomic mass is 16.4. The van der Waals surface area contributed by atoms with Gasteiger partial charge in [-0.1, -0.05) is 0 Å². The van der Waals surface area contributed by atoms with Gasteiger partial charge in [0.2, 0.25) is 0 Å². The molecule has 0 spiro atoms. The molecule has 0 saturated carbocycles. The Hall–Kier alpha value is -0.200. The first-order chi connectivity index (χ1) is 5.16. The van der Waals surface area contributed by atoms with Gasteiger partial charge in [-0.15, -0.1) is 0 Å². The van der Waals surface area contributed by atoms with E-state index in [1.807, 2.05) is 0 Å². The maximum absolute atomic E-state index is 9.18. The number of aliphatic hydroxyl groups excluding tert-OH is 4. The molecule has 0 aromatic carbocycles. The summed E-state index contributed by atoms with van der Waals surface area (Å²) in [6, 6.07) is -0.534. The predicted octanol–water partition coefficient (Wildman–Crippen LogP) is -2.97. The molecule has 1 aliphatic heterocycles. The molecular formula is C6H13NO4. The monoisotopic (exact) mass is 163 g/mol. The molecule has 0 aromatic rings. The van der Waals surface area contributed by atoms with Crippen LogP contribution < -0.4 is 5.32 Å². The average molecular weight is 163 g/mol. The topological polar surface area (TPSA) is 93.0 Å². The third-order valence-corrected chi connectivity index (χ3v) is 1.94. The minimum Gasteiger partial charge on any atom is -0.395 e. The zero-order valence-corrected chi connectivity index (χ0v) is 6.01. The summed E-state index contributed by atoms with van der Waals surface area (Å²) >= 11 is 0. The molecule has 1 aliphatic rings. The van der Waals surface area contributed by atoms with Gasteiger partial charge in [-0.25, -0.2) is 0 Å². The molecule has 1 saturated heterocycles. The van der Waals surface area contributed by atoms with Gasteiger partial charge in [-0.05, 0) is 0 Å². The number of hydrogen-bond acceptors (Lipinski definition) is 5. The standard InChI is InChI=1S/C6H13NO4/c8-2-3-5(10)6(11)4(9)1-7-3/h3-11H,1-2H2/t3-,4+,5+,6+/m1/s1. The van der Waals surface area contributed by atoms with Gasteiger partial charge in [-0.2, -0.15) is 0 Å². The van der Waals surface area contributed by atoms with Crippen LogP contribution in [-0.2, 0) is 0 Å². The molecule has 0 radical (unpaired) electrons. The van der Waals surface area contributed by atoms with Crippen LogP contribution in [0, 0.1) is 0 Å². The second-order valence-electron chi connectivity index (χ2n) is 2.75. The Kier molecular flexibility index (Phi) is 2.80. The van der Waals surface area contributed by atoms with E-state index in [-0.39, 0.29) is 13.2 Å². The summed E-state index contributed by atoms with van der Waals surface area (Å²) in [5.74, 6) is 0. The van der Waals surface area contributed by atoms with Crippen molar-refractivity contribution in [2.45, 2.75) is 24.4 Å². The fraction of sp³-hybridized carbons (Fsp3) is 1.00. The van der Waals surface area contributed by atoms with E-state index in [2.05, 4.69) is 5.32 Å². The van der Waals surface area contributed by atoms with Crippen molar-refractivity contribution < 1.29 is 20.4 Å². The van der Waals surface area contributed by atoms with Gasteiger partial charge in [0.15, 0.2) is 0 Å². The zero-order valence-electron chi connectivity index (χ0n) is 6.01. The lowest BCUT2D eigenvalue weighted by Gasteiger charge is -2.34. The van der Waals surface area contributed by atoms with Crippen LogP contribution in [-0.4, -0.2) is 57.9 Å². The summed E-state index contributed by atoms with van der Waals surface area (Å²) < 4.78 is 0. The van der Waals surface area contributed by atoms with Crippen LogP contribution in [0.1, 0.15) is 0 Å². The number of aliphatic hydroxyl groups is 4. The normalized spacial score (nSPS) is 45.8. The van der Waals surface area contributed by atoms with E-state index >= 15 is 0 Å². The summed E-state index contributed by atoms with van der Waals surface area (Å²) in [4.78, 5) is 0. The van der Waals surface area contributed by atoms with Gasteiger partial charge in [0, 0.05) is 6.54 Å². The smallest absolute Gasteiger partial charge is 0.109 e. The Morgan fingerprint density at radius 2 is 1.82 bits per heavy atom. The summed E-state index contributed by atoms with van der Waals surface area (Å²) in [5, 5.41) is 38.6. The lowest BCUT2D eigenvalue weighted by atomic mass is 9.97. The second-order valence-corrected chi connectivity index (χ2v) is 2.75. The molecule has 66 valence electrons. The Labute approximate surface area is 64.3 Å². The molecule has 5 heteroatoms. The van der Waals surface area contributed by atoms with Crippen molar-refractivity contribution in [2.75, 3.05) is 13.2 Å². The SMILES string of the molecule is OC[C@H]1NC[C@H](O)[C@H](O)[C@H]1O. The van der Waals surface area contributed by atoms with E-state index in [1.165, 1.54) is 0 Å². The molecule has 0 unspecified atom stereocenters. The van der Waals surface area contributed by atoms with Gasteiger partial charge < -0.3 is 25.7 Å². The van der Waals surface area contributed by atoms with Gasteiger partial charge in [-0.3, -0.25) is 0 Å². The van der Waals surface area contributed by atoms with Crippen LogP contribution in [0.4, 0.5) is 0 Å². The Morgan fingerprint density at radius 3 is 2.36 bits per heavy atom. The van der Waals surface area contributed by atoms with Crippen LogP contribution in [0.3, 0.4) is 0 Å². The van der Waals surface area contributed by atoms with E-state index in [4.69, 9.17) is 15.3 Å². The lowest BCUT2D eigenvalue weighted by molar-refractivity contribution is -0.101. The van der Waals surface area contributed by atoms with E-state index in [1.54, 1.807) is 0 Å². The third-order valence-electron chi connectivity index (χ3n) is 1.94. The van der Waals surface area contributed by atoms with Crippen LogP contribution in [0.15, 0.2) is 0 Å². The maximum atomic E-state index is 9.18. The average Bonchev–Trinajstić information content (AvgIpc) is 2.01. The number of β-amino-alcohol motifs (C(OH)–C–C–N with tert-alkyl or cyclic N) is 1. The fourth-order valence-electron chi connectivity index (χ4n) is 1.15. The first kappa shape index (κ1) is 8.89. The second kappa shape index (κ2) is 3.46. The van der Waals surface area contributed by atoms with Gasteiger partial charge in [0.25, 0.3) is 0 Å². The van der Waals surface area contributed by atoms with Crippen molar-refractivity contribution in [2.24, 2.45) is 0 Å². The molecule has 11 heavy (non-hydrogen) atoms. The van der Waals surface area contributed by atoms with Crippen LogP contribution in [0.2, 0.25) is 0 Å². The van der Waals surface area contributed by atoms with Crippen molar-refractivity contribution in [3.05, 3.63) is 0 Å². The lowest BCUT2D eigenvalue weighted by Crippen LogP contribution is -2.60. The molecule has 5 N–H and O–H groups in total. The zero-order chi connectivity index (χ0) is 8.43. The first-order valence-electron chi connectivity index (χ1n) is 3.55. The number of rotatable bonds is 1. The van der Waals surface area contributed by atoms with Gasteiger partial charge in [0.1, 0.15) is 6.10 Å². The summed E-state index contributed by atoms with van der Waals surface area (Å²) in [5.41, 5.74) is 0. The molecule has 1 heterocycles. The van der Waals surface area contributed by atoms with Crippen molar-refractivity contribution in [1.82, 2.24) is 5.32 Å². The first-order valence-corrected chi connectivity index (χ1v) is 3.55. The van der Waals surface area contributed by atoms with E-state index < -0.39 is 24.4 Å². The predicted molar refractivity (Wildman–Crippen MR) is 36.9 cm³/mol. The highest BCUT2D eigenvalue weighted by molar-refractivity contribution is 4.91. The number of piperidine rings is 1. The Morgan fingerprint density at radius 1 is 1.18 bits per heavy atom. The minimum atomic E-state index is -1.16. The van der Waals surface area contributed by atoms with Crippen LogP contribution in [0.5, 0.6) is 0 Å². The van der Waals surface area contributed by atoms with E-state index in [0.29, 0.717) is 0 Å². The van der Waals surface area contributed by atoms with Gasteiger partial charge in [0.05, 0.1) is 24.9 Å². The van der Waals surface area contributed by atoms with Crippen molar-refractivity contribution in [3.63, 3.8) is 0 Å². The molecule has 0 bridgehead atoms. The number of hydrogen-bond donors (Lipinski definition) is 5. The van der Waals surface area contributed by atoms with Gasteiger partial charge >= 0.3 is 0 Å². The summed E-state index contributed by atoms with van der Waals surface area (Å²) in [6.07, 6.45) is -3.20. The van der Waals surface area contributed by atoms with E-state index in [9.17, 15) is 5.11 Å².